The third kappa shape index (κ3) is 9.10. The molecule has 0 unspecified atom stereocenters. The molecule has 1 aromatic rings. The van der Waals surface area contributed by atoms with Crippen molar-refractivity contribution >= 4 is 5.97 Å². The summed E-state index contributed by atoms with van der Waals surface area (Å²) < 4.78 is 11.7. The summed E-state index contributed by atoms with van der Waals surface area (Å²) in [5.74, 6) is 3.09. The lowest BCUT2D eigenvalue weighted by Gasteiger charge is -2.27. The third-order valence-electron chi connectivity index (χ3n) is 6.79. The van der Waals surface area contributed by atoms with Gasteiger partial charge >= 0.3 is 5.97 Å². The molecule has 0 aliphatic heterocycles. The van der Waals surface area contributed by atoms with Crippen LogP contribution in [0.1, 0.15) is 105 Å². The van der Waals surface area contributed by atoms with Crippen molar-refractivity contribution in [2.24, 2.45) is 17.8 Å². The summed E-state index contributed by atoms with van der Waals surface area (Å²) >= 11 is 0. The first-order valence-electron chi connectivity index (χ1n) is 12.5. The highest BCUT2D eigenvalue weighted by molar-refractivity contribution is 5.75. The summed E-state index contributed by atoms with van der Waals surface area (Å²) in [6.07, 6.45) is 14.5. The smallest absolute Gasteiger partial charge is 0.314 e. The highest BCUT2D eigenvalue weighted by atomic mass is 16.5. The second-order valence-corrected chi connectivity index (χ2v) is 9.48. The minimum Gasteiger partial charge on any atom is -0.491 e. The average molecular weight is 417 g/mol. The van der Waals surface area contributed by atoms with E-state index in [1.54, 1.807) is 0 Å². The molecule has 1 fully saturated rings. The molecule has 0 heterocycles. The fraction of sp³-hybridized carbons (Fsp3) is 0.741. The second-order valence-electron chi connectivity index (χ2n) is 9.48. The predicted molar refractivity (Wildman–Crippen MR) is 125 cm³/mol. The summed E-state index contributed by atoms with van der Waals surface area (Å²) in [5.41, 5.74) is 0. The van der Waals surface area contributed by atoms with Crippen molar-refractivity contribution in [1.29, 1.82) is 0 Å². The van der Waals surface area contributed by atoms with E-state index in [4.69, 9.17) is 9.47 Å². The molecule has 0 amide bonds. The number of esters is 1. The summed E-state index contributed by atoms with van der Waals surface area (Å²) in [5, 5.41) is 0. The van der Waals surface area contributed by atoms with E-state index >= 15 is 0 Å². The highest BCUT2D eigenvalue weighted by Crippen LogP contribution is 2.33. The number of hydrogen-bond donors (Lipinski definition) is 0. The average Bonchev–Trinajstić information content (AvgIpc) is 2.76. The zero-order valence-corrected chi connectivity index (χ0v) is 19.8. The van der Waals surface area contributed by atoms with E-state index < -0.39 is 0 Å². The van der Waals surface area contributed by atoms with Crippen LogP contribution in [0.2, 0.25) is 0 Å². The largest absolute Gasteiger partial charge is 0.491 e. The van der Waals surface area contributed by atoms with Crippen LogP contribution in [0, 0.1) is 17.8 Å². The zero-order valence-electron chi connectivity index (χ0n) is 19.8. The minimum atomic E-state index is -0.0617. The van der Waals surface area contributed by atoms with E-state index in [0.29, 0.717) is 5.75 Å². The molecule has 0 aromatic heterocycles. The van der Waals surface area contributed by atoms with Gasteiger partial charge in [-0.05, 0) is 81.5 Å². The van der Waals surface area contributed by atoms with Crippen molar-refractivity contribution in [2.75, 3.05) is 0 Å². The van der Waals surface area contributed by atoms with Gasteiger partial charge < -0.3 is 9.47 Å². The minimum absolute atomic E-state index is 0.0592. The van der Waals surface area contributed by atoms with Crippen molar-refractivity contribution in [3.8, 4) is 11.5 Å². The van der Waals surface area contributed by atoms with E-state index in [-0.39, 0.29) is 18.0 Å². The zero-order chi connectivity index (χ0) is 21.8. The second kappa shape index (κ2) is 13.7. The van der Waals surface area contributed by atoms with Crippen LogP contribution in [0.3, 0.4) is 0 Å². The number of benzene rings is 1. The van der Waals surface area contributed by atoms with Gasteiger partial charge in [-0.25, -0.2) is 0 Å². The number of unbranched alkanes of at least 4 members (excludes halogenated alkanes) is 3. The van der Waals surface area contributed by atoms with Crippen molar-refractivity contribution in [1.82, 2.24) is 0 Å². The Balaban J connectivity index is 1.69. The number of ether oxygens (including phenoxy) is 2. The number of carbonyl (C=O) groups is 1. The maximum atomic E-state index is 12.6. The fourth-order valence-corrected chi connectivity index (χ4v) is 4.35. The molecule has 0 N–H and O–H groups in total. The summed E-state index contributed by atoms with van der Waals surface area (Å²) in [7, 11) is 0. The first kappa shape index (κ1) is 24.8. The summed E-state index contributed by atoms with van der Waals surface area (Å²) in [6, 6.07) is 7.54. The fourth-order valence-electron chi connectivity index (χ4n) is 4.35. The Hall–Kier alpha value is -1.51. The van der Waals surface area contributed by atoms with Gasteiger partial charge in [-0.3, -0.25) is 4.79 Å². The molecule has 0 spiro atoms. The molecule has 1 aliphatic rings. The number of hydrogen-bond acceptors (Lipinski definition) is 3. The first-order chi connectivity index (χ1) is 14.5. The Morgan fingerprint density at radius 2 is 1.60 bits per heavy atom. The van der Waals surface area contributed by atoms with E-state index in [1.807, 2.05) is 24.3 Å². The van der Waals surface area contributed by atoms with Crippen molar-refractivity contribution in [3.63, 3.8) is 0 Å². The van der Waals surface area contributed by atoms with Crippen LogP contribution < -0.4 is 9.47 Å². The van der Waals surface area contributed by atoms with Gasteiger partial charge in [-0.15, -0.1) is 0 Å². The van der Waals surface area contributed by atoms with Crippen LogP contribution in [-0.4, -0.2) is 12.1 Å². The van der Waals surface area contributed by atoms with Crippen LogP contribution in [0.5, 0.6) is 11.5 Å². The van der Waals surface area contributed by atoms with Gasteiger partial charge in [-0.1, -0.05) is 59.3 Å². The lowest BCUT2D eigenvalue weighted by Crippen LogP contribution is -2.25. The van der Waals surface area contributed by atoms with E-state index in [1.165, 1.54) is 57.8 Å². The van der Waals surface area contributed by atoms with Gasteiger partial charge in [0.2, 0.25) is 0 Å². The third-order valence-corrected chi connectivity index (χ3v) is 6.79. The maximum absolute atomic E-state index is 12.6. The standard InChI is InChI=1S/C27H44O3/c1-5-7-8-9-10-22(4)29-25-17-19-26(20-18-25)30-27(28)24-15-13-23(14-16-24)12-11-21(3)6-2/h17-24H,5-16H2,1-4H3/t21-,22+,23?,24?/m0/s1. The van der Waals surface area contributed by atoms with E-state index in [9.17, 15) is 4.79 Å². The molecule has 2 atom stereocenters. The predicted octanol–water partition coefficient (Wildman–Crippen LogP) is 7.96. The monoisotopic (exact) mass is 416 g/mol. The summed E-state index contributed by atoms with van der Waals surface area (Å²) in [4.78, 5) is 12.6. The van der Waals surface area contributed by atoms with Crippen molar-refractivity contribution in [2.45, 2.75) is 111 Å². The Labute approximate surface area is 184 Å². The Bertz CT molecular complexity index is 587. The molecule has 0 saturated heterocycles. The van der Waals surface area contributed by atoms with Crippen LogP contribution in [0.25, 0.3) is 0 Å². The van der Waals surface area contributed by atoms with Gasteiger partial charge in [0.05, 0.1) is 12.0 Å². The van der Waals surface area contributed by atoms with Crippen LogP contribution in [-0.2, 0) is 4.79 Å². The van der Waals surface area contributed by atoms with Crippen LogP contribution >= 0.6 is 0 Å². The van der Waals surface area contributed by atoms with Crippen molar-refractivity contribution < 1.29 is 14.3 Å². The Morgan fingerprint density at radius 3 is 2.23 bits per heavy atom. The quantitative estimate of drug-likeness (QED) is 0.186. The molecule has 1 aromatic carbocycles. The van der Waals surface area contributed by atoms with E-state index in [0.717, 1.165) is 36.8 Å². The van der Waals surface area contributed by atoms with Crippen molar-refractivity contribution in [3.05, 3.63) is 24.3 Å². The SMILES string of the molecule is CCCCCC[C@@H](C)Oc1ccc(OC(=O)C2CCC(CC[C@@H](C)CC)CC2)cc1. The molecule has 2 rings (SSSR count). The first-order valence-corrected chi connectivity index (χ1v) is 12.5. The lowest BCUT2D eigenvalue weighted by molar-refractivity contribution is -0.140. The lowest BCUT2D eigenvalue weighted by atomic mass is 9.79. The normalized spacial score (nSPS) is 21.1. The molecule has 3 heteroatoms. The molecule has 0 bridgehead atoms. The van der Waals surface area contributed by atoms with Gasteiger partial charge in [0.25, 0.3) is 0 Å². The highest BCUT2D eigenvalue weighted by Gasteiger charge is 2.27. The van der Waals surface area contributed by atoms with Crippen LogP contribution in [0.15, 0.2) is 24.3 Å². The summed E-state index contributed by atoms with van der Waals surface area (Å²) in [6.45, 7) is 8.96. The molecule has 3 nitrogen and oxygen atoms in total. The van der Waals surface area contributed by atoms with Gasteiger partial charge in [0, 0.05) is 0 Å². The molecule has 170 valence electrons. The molecule has 1 aliphatic carbocycles. The van der Waals surface area contributed by atoms with Crippen LogP contribution in [0.4, 0.5) is 0 Å². The maximum Gasteiger partial charge on any atom is 0.314 e. The molecular formula is C27H44O3. The Kier molecular flexibility index (Phi) is 11.3. The van der Waals surface area contributed by atoms with Gasteiger partial charge in [0.1, 0.15) is 11.5 Å². The van der Waals surface area contributed by atoms with Gasteiger partial charge in [0.15, 0.2) is 0 Å². The number of rotatable bonds is 13. The molecule has 1 saturated carbocycles. The number of carbonyl (C=O) groups excluding carboxylic acids is 1. The topological polar surface area (TPSA) is 35.5 Å². The van der Waals surface area contributed by atoms with E-state index in [2.05, 4.69) is 27.7 Å². The molecule has 30 heavy (non-hydrogen) atoms. The Morgan fingerprint density at radius 1 is 0.933 bits per heavy atom. The van der Waals surface area contributed by atoms with Gasteiger partial charge in [-0.2, -0.15) is 0 Å². The molecule has 0 radical (unpaired) electrons. The molecular weight excluding hydrogens is 372 g/mol.